The Labute approximate surface area is 106 Å². The molecule has 0 spiro atoms. The standard InChI is InChI=1S/C13H17NO4/c1-17-11-4-3-8(5-12(11)18-2)9-6-14-7-10(9)13(15)16/h3-5,9-10,14H,6-7H2,1-2H3,(H,15,16). The zero-order valence-electron chi connectivity index (χ0n) is 10.5. The second kappa shape index (κ2) is 5.27. The van der Waals surface area contributed by atoms with Gasteiger partial charge in [0.25, 0.3) is 0 Å². The summed E-state index contributed by atoms with van der Waals surface area (Å²) in [6.45, 7) is 1.18. The van der Waals surface area contributed by atoms with Gasteiger partial charge in [-0.05, 0) is 17.7 Å². The van der Waals surface area contributed by atoms with E-state index < -0.39 is 5.97 Å². The van der Waals surface area contributed by atoms with Gasteiger partial charge in [0.05, 0.1) is 20.1 Å². The molecule has 0 radical (unpaired) electrons. The van der Waals surface area contributed by atoms with Crippen LogP contribution < -0.4 is 14.8 Å². The van der Waals surface area contributed by atoms with Crippen molar-refractivity contribution >= 4 is 5.97 Å². The Morgan fingerprint density at radius 2 is 2.00 bits per heavy atom. The molecular formula is C13H17NO4. The number of carboxylic acids is 1. The predicted molar refractivity (Wildman–Crippen MR) is 66.3 cm³/mol. The van der Waals surface area contributed by atoms with E-state index in [1.807, 2.05) is 18.2 Å². The van der Waals surface area contributed by atoms with Crippen LogP contribution in [-0.4, -0.2) is 38.4 Å². The monoisotopic (exact) mass is 251 g/mol. The second-order valence-electron chi connectivity index (χ2n) is 4.32. The Balaban J connectivity index is 2.30. The third-order valence-corrected chi connectivity index (χ3v) is 3.37. The molecule has 1 saturated heterocycles. The second-order valence-corrected chi connectivity index (χ2v) is 4.32. The summed E-state index contributed by atoms with van der Waals surface area (Å²) >= 11 is 0. The molecule has 1 aromatic carbocycles. The van der Waals surface area contributed by atoms with Crippen molar-refractivity contribution in [3.05, 3.63) is 23.8 Å². The highest BCUT2D eigenvalue weighted by atomic mass is 16.5. The van der Waals surface area contributed by atoms with Gasteiger partial charge in [0.1, 0.15) is 0 Å². The van der Waals surface area contributed by atoms with Crippen LogP contribution in [0.3, 0.4) is 0 Å². The average molecular weight is 251 g/mol. The van der Waals surface area contributed by atoms with E-state index in [0.29, 0.717) is 24.6 Å². The Morgan fingerprint density at radius 1 is 1.28 bits per heavy atom. The summed E-state index contributed by atoms with van der Waals surface area (Å²) in [5, 5.41) is 12.3. The van der Waals surface area contributed by atoms with Gasteiger partial charge in [-0.1, -0.05) is 6.07 Å². The fraction of sp³-hybridized carbons (Fsp3) is 0.462. The summed E-state index contributed by atoms with van der Waals surface area (Å²) in [5.41, 5.74) is 0.963. The molecule has 18 heavy (non-hydrogen) atoms. The fourth-order valence-corrected chi connectivity index (χ4v) is 2.37. The van der Waals surface area contributed by atoms with E-state index in [4.69, 9.17) is 9.47 Å². The first-order chi connectivity index (χ1) is 8.67. The molecule has 2 N–H and O–H groups in total. The van der Waals surface area contributed by atoms with Gasteiger partial charge in [-0.3, -0.25) is 4.79 Å². The minimum atomic E-state index is -0.764. The van der Waals surface area contributed by atoms with E-state index >= 15 is 0 Å². The van der Waals surface area contributed by atoms with Gasteiger partial charge < -0.3 is 19.9 Å². The maximum atomic E-state index is 11.2. The molecule has 1 aliphatic rings. The Morgan fingerprint density at radius 3 is 2.61 bits per heavy atom. The van der Waals surface area contributed by atoms with E-state index in [9.17, 15) is 9.90 Å². The Hall–Kier alpha value is -1.75. The van der Waals surface area contributed by atoms with Crippen LogP contribution in [0.15, 0.2) is 18.2 Å². The summed E-state index contributed by atoms with van der Waals surface area (Å²) < 4.78 is 10.4. The van der Waals surface area contributed by atoms with Crippen LogP contribution in [0, 0.1) is 5.92 Å². The molecule has 2 unspecified atom stereocenters. The summed E-state index contributed by atoms with van der Waals surface area (Å²) in [6.07, 6.45) is 0. The molecular weight excluding hydrogens is 234 g/mol. The van der Waals surface area contributed by atoms with E-state index in [1.165, 1.54) is 0 Å². The SMILES string of the molecule is COc1ccc(C2CNCC2C(=O)O)cc1OC. The van der Waals surface area contributed by atoms with Crippen molar-refractivity contribution in [1.29, 1.82) is 0 Å². The van der Waals surface area contributed by atoms with E-state index in [2.05, 4.69) is 5.32 Å². The fourth-order valence-electron chi connectivity index (χ4n) is 2.37. The van der Waals surface area contributed by atoms with Crippen molar-refractivity contribution in [2.45, 2.75) is 5.92 Å². The third kappa shape index (κ3) is 2.26. The molecule has 5 heteroatoms. The molecule has 0 aliphatic carbocycles. The van der Waals surface area contributed by atoms with Crippen LogP contribution in [0.25, 0.3) is 0 Å². The first kappa shape index (κ1) is 12.7. The lowest BCUT2D eigenvalue weighted by Crippen LogP contribution is -2.21. The van der Waals surface area contributed by atoms with Crippen LogP contribution in [-0.2, 0) is 4.79 Å². The number of hydrogen-bond donors (Lipinski definition) is 2. The molecule has 1 aromatic rings. The lowest BCUT2D eigenvalue weighted by atomic mass is 9.89. The molecule has 1 aliphatic heterocycles. The van der Waals surface area contributed by atoms with Crippen molar-refractivity contribution in [3.8, 4) is 11.5 Å². The largest absolute Gasteiger partial charge is 0.493 e. The van der Waals surface area contributed by atoms with Gasteiger partial charge in [0, 0.05) is 19.0 Å². The predicted octanol–water partition coefficient (Wildman–Crippen LogP) is 1.09. The molecule has 5 nitrogen and oxygen atoms in total. The number of ether oxygens (including phenoxy) is 2. The third-order valence-electron chi connectivity index (χ3n) is 3.37. The number of nitrogens with one attached hydrogen (secondary N) is 1. The zero-order chi connectivity index (χ0) is 13.1. The van der Waals surface area contributed by atoms with Gasteiger partial charge in [-0.2, -0.15) is 0 Å². The van der Waals surface area contributed by atoms with E-state index in [0.717, 1.165) is 5.56 Å². The average Bonchev–Trinajstić information content (AvgIpc) is 2.87. The minimum absolute atomic E-state index is 0.0256. The van der Waals surface area contributed by atoms with Gasteiger partial charge in [0.15, 0.2) is 11.5 Å². The number of rotatable bonds is 4. The van der Waals surface area contributed by atoms with Crippen LogP contribution in [0.4, 0.5) is 0 Å². The summed E-state index contributed by atoms with van der Waals surface area (Å²) in [6, 6.07) is 5.56. The van der Waals surface area contributed by atoms with Crippen molar-refractivity contribution in [2.75, 3.05) is 27.3 Å². The number of methoxy groups -OCH3 is 2. The Kier molecular flexibility index (Phi) is 3.72. The first-order valence-corrected chi connectivity index (χ1v) is 5.82. The summed E-state index contributed by atoms with van der Waals surface area (Å²) in [7, 11) is 3.15. The van der Waals surface area contributed by atoms with E-state index in [1.54, 1.807) is 14.2 Å². The van der Waals surface area contributed by atoms with E-state index in [-0.39, 0.29) is 11.8 Å². The van der Waals surface area contributed by atoms with Crippen LogP contribution in [0.5, 0.6) is 11.5 Å². The van der Waals surface area contributed by atoms with Crippen LogP contribution in [0.2, 0.25) is 0 Å². The lowest BCUT2D eigenvalue weighted by molar-refractivity contribution is -0.141. The summed E-state index contributed by atoms with van der Waals surface area (Å²) in [4.78, 5) is 11.2. The normalized spacial score (nSPS) is 22.8. The van der Waals surface area contributed by atoms with Crippen molar-refractivity contribution in [1.82, 2.24) is 5.32 Å². The van der Waals surface area contributed by atoms with Crippen LogP contribution >= 0.6 is 0 Å². The smallest absolute Gasteiger partial charge is 0.308 e. The lowest BCUT2D eigenvalue weighted by Gasteiger charge is -2.17. The Bertz CT molecular complexity index is 447. The molecule has 0 amide bonds. The molecule has 0 bridgehead atoms. The van der Waals surface area contributed by atoms with Crippen molar-refractivity contribution in [3.63, 3.8) is 0 Å². The van der Waals surface area contributed by atoms with Gasteiger partial charge >= 0.3 is 5.97 Å². The number of benzene rings is 1. The molecule has 98 valence electrons. The molecule has 0 aromatic heterocycles. The minimum Gasteiger partial charge on any atom is -0.493 e. The maximum Gasteiger partial charge on any atom is 0.308 e. The van der Waals surface area contributed by atoms with Crippen molar-refractivity contribution < 1.29 is 19.4 Å². The molecule has 1 heterocycles. The maximum absolute atomic E-state index is 11.2. The molecule has 2 atom stereocenters. The van der Waals surface area contributed by atoms with Gasteiger partial charge in [0.2, 0.25) is 0 Å². The van der Waals surface area contributed by atoms with Gasteiger partial charge in [-0.15, -0.1) is 0 Å². The highest BCUT2D eigenvalue weighted by molar-refractivity contribution is 5.72. The number of carbonyl (C=O) groups is 1. The molecule has 0 saturated carbocycles. The molecule has 1 fully saturated rings. The zero-order valence-corrected chi connectivity index (χ0v) is 10.5. The van der Waals surface area contributed by atoms with Crippen LogP contribution in [0.1, 0.15) is 11.5 Å². The highest BCUT2D eigenvalue weighted by Crippen LogP contribution is 2.34. The number of hydrogen-bond acceptors (Lipinski definition) is 4. The summed E-state index contributed by atoms with van der Waals surface area (Å²) in [5.74, 6) is 0.107. The quantitative estimate of drug-likeness (QED) is 0.838. The topological polar surface area (TPSA) is 67.8 Å². The first-order valence-electron chi connectivity index (χ1n) is 5.82. The number of aliphatic carboxylic acids is 1. The number of carboxylic acid groups (broad SMARTS) is 1. The molecule has 2 rings (SSSR count). The highest BCUT2D eigenvalue weighted by Gasteiger charge is 2.34. The van der Waals surface area contributed by atoms with Gasteiger partial charge in [-0.25, -0.2) is 0 Å². The van der Waals surface area contributed by atoms with Crippen molar-refractivity contribution in [2.24, 2.45) is 5.92 Å².